The first kappa shape index (κ1) is 37.6. The minimum Gasteiger partial charge on any atom is -0.454 e. The first-order valence-corrected chi connectivity index (χ1v) is 23.2. The zero-order chi connectivity index (χ0) is 44.1. The maximum atomic E-state index is 7.26. The number of benzene rings is 11. The third kappa shape index (κ3) is 5.39. The quantitative estimate of drug-likeness (QED) is 0.175. The van der Waals surface area contributed by atoms with Crippen LogP contribution >= 0.6 is 0 Å². The lowest BCUT2D eigenvalue weighted by atomic mass is 9.65. The van der Waals surface area contributed by atoms with Crippen LogP contribution in [0.15, 0.2) is 249 Å². The average molecular weight is 852 g/mol. The van der Waals surface area contributed by atoms with Gasteiger partial charge in [-0.3, -0.25) is 0 Å². The number of para-hydroxylation sites is 3. The van der Waals surface area contributed by atoms with Crippen molar-refractivity contribution in [3.63, 3.8) is 0 Å². The Labute approximate surface area is 390 Å². The molecule has 0 bridgehead atoms. The molecule has 0 fully saturated rings. The lowest BCUT2D eigenvalue weighted by Gasteiger charge is -2.36. The first-order valence-electron chi connectivity index (χ1n) is 23.2. The Balaban J connectivity index is 1.10. The molecular weight excluding hydrogens is 811 g/mol. The van der Waals surface area contributed by atoms with E-state index in [-0.39, 0.29) is 0 Å². The highest BCUT2D eigenvalue weighted by Crippen LogP contribution is 2.63. The summed E-state index contributed by atoms with van der Waals surface area (Å²) in [5.74, 6) is 1.65. The van der Waals surface area contributed by atoms with E-state index in [1.807, 2.05) is 0 Å². The van der Waals surface area contributed by atoms with Crippen LogP contribution in [0.5, 0.6) is 11.5 Å². The van der Waals surface area contributed by atoms with Gasteiger partial charge in [0.05, 0.1) is 16.8 Å². The molecule has 0 amide bonds. The van der Waals surface area contributed by atoms with Gasteiger partial charge in [-0.05, 0) is 113 Å². The minimum atomic E-state index is -0.618. The van der Waals surface area contributed by atoms with Gasteiger partial charge in [-0.25, -0.2) is 0 Å². The van der Waals surface area contributed by atoms with Gasteiger partial charge in [0.2, 0.25) is 0 Å². The molecule has 1 spiro atoms. The highest BCUT2D eigenvalue weighted by molar-refractivity contribution is 6.07. The van der Waals surface area contributed by atoms with Crippen molar-refractivity contribution in [1.29, 1.82) is 0 Å². The van der Waals surface area contributed by atoms with Crippen molar-refractivity contribution in [2.24, 2.45) is 0 Å². The molecule has 0 radical (unpaired) electrons. The molecule has 2 heteroatoms. The van der Waals surface area contributed by atoms with Crippen LogP contribution in [-0.2, 0) is 5.41 Å². The number of hydrogen-bond acceptors (Lipinski definition) is 2. The SMILES string of the molecule is c1ccc(-c2ccccc2N(c2ccc3c(c2)-c2ccccc2-c2ccccc2C32c3ccccc3-c3c2ccc2ccccc32)c2cccc3c2Oc2ccccc2-c2ccccc2-3)cc1. The molecule has 1 heterocycles. The highest BCUT2D eigenvalue weighted by atomic mass is 16.5. The van der Waals surface area contributed by atoms with E-state index in [2.05, 4.69) is 254 Å². The van der Waals surface area contributed by atoms with Gasteiger partial charge in [-0.2, -0.15) is 0 Å². The largest absolute Gasteiger partial charge is 0.454 e. The average Bonchev–Trinajstić information content (AvgIpc) is 3.55. The summed E-state index contributed by atoms with van der Waals surface area (Å²) in [5.41, 5.74) is 21.8. The summed E-state index contributed by atoms with van der Waals surface area (Å²) >= 11 is 0. The van der Waals surface area contributed by atoms with Gasteiger partial charge in [0.1, 0.15) is 5.75 Å². The Kier molecular flexibility index (Phi) is 8.23. The van der Waals surface area contributed by atoms with E-state index in [9.17, 15) is 0 Å². The predicted octanol–water partition coefficient (Wildman–Crippen LogP) is 17.4. The molecular formula is C65H41NO. The molecule has 2 nitrogen and oxygen atoms in total. The van der Waals surface area contributed by atoms with Crippen molar-refractivity contribution in [1.82, 2.24) is 0 Å². The lowest BCUT2D eigenvalue weighted by Crippen LogP contribution is -2.29. The van der Waals surface area contributed by atoms with Crippen molar-refractivity contribution >= 4 is 27.8 Å². The normalized spacial score (nSPS) is 14.4. The van der Waals surface area contributed by atoms with Crippen molar-refractivity contribution < 1.29 is 4.74 Å². The zero-order valence-corrected chi connectivity index (χ0v) is 36.5. The maximum Gasteiger partial charge on any atom is 0.159 e. The molecule has 312 valence electrons. The Hall–Kier alpha value is -8.72. The Morgan fingerprint density at radius 1 is 0.313 bits per heavy atom. The van der Waals surface area contributed by atoms with E-state index < -0.39 is 5.41 Å². The van der Waals surface area contributed by atoms with E-state index in [0.29, 0.717) is 0 Å². The number of nitrogens with zero attached hydrogens (tertiary/aromatic N) is 1. The summed E-state index contributed by atoms with van der Waals surface area (Å²) < 4.78 is 7.26. The van der Waals surface area contributed by atoms with Gasteiger partial charge in [0, 0.05) is 22.4 Å². The van der Waals surface area contributed by atoms with Crippen LogP contribution in [0.1, 0.15) is 22.3 Å². The van der Waals surface area contributed by atoms with Crippen molar-refractivity contribution in [3.8, 4) is 78.3 Å². The smallest absolute Gasteiger partial charge is 0.159 e. The third-order valence-corrected chi connectivity index (χ3v) is 14.5. The van der Waals surface area contributed by atoms with Crippen LogP contribution in [0.2, 0.25) is 0 Å². The lowest BCUT2D eigenvalue weighted by molar-refractivity contribution is 0.489. The zero-order valence-electron chi connectivity index (χ0n) is 36.5. The fraction of sp³-hybridized carbons (Fsp3) is 0.0154. The maximum absolute atomic E-state index is 7.26. The van der Waals surface area contributed by atoms with E-state index in [1.165, 1.54) is 66.4 Å². The van der Waals surface area contributed by atoms with E-state index in [4.69, 9.17) is 4.74 Å². The second kappa shape index (κ2) is 14.7. The second-order valence-electron chi connectivity index (χ2n) is 17.8. The highest BCUT2D eigenvalue weighted by Gasteiger charge is 2.50. The van der Waals surface area contributed by atoms with Crippen LogP contribution in [0.25, 0.3) is 77.5 Å². The number of hydrogen-bond donors (Lipinski definition) is 0. The van der Waals surface area contributed by atoms with Crippen LogP contribution in [0, 0.1) is 0 Å². The Morgan fingerprint density at radius 2 is 0.836 bits per heavy atom. The molecule has 0 aromatic heterocycles. The van der Waals surface area contributed by atoms with E-state index >= 15 is 0 Å². The third-order valence-electron chi connectivity index (χ3n) is 14.5. The predicted molar refractivity (Wildman–Crippen MR) is 277 cm³/mol. The van der Waals surface area contributed by atoms with Crippen LogP contribution in [0.3, 0.4) is 0 Å². The molecule has 2 aliphatic carbocycles. The van der Waals surface area contributed by atoms with Crippen molar-refractivity contribution in [2.75, 3.05) is 4.90 Å². The summed E-state index contributed by atoms with van der Waals surface area (Å²) in [6.07, 6.45) is 0. The van der Waals surface area contributed by atoms with Gasteiger partial charge in [-0.1, -0.05) is 218 Å². The number of ether oxygens (including phenoxy) is 1. The molecule has 3 aliphatic rings. The second-order valence-corrected chi connectivity index (χ2v) is 17.8. The summed E-state index contributed by atoms with van der Waals surface area (Å²) in [7, 11) is 0. The van der Waals surface area contributed by atoms with Crippen LogP contribution in [-0.4, -0.2) is 0 Å². The van der Waals surface area contributed by atoms with Gasteiger partial charge in [0.15, 0.2) is 5.75 Å². The fourth-order valence-corrected chi connectivity index (χ4v) is 11.8. The molecule has 1 aliphatic heterocycles. The monoisotopic (exact) mass is 851 g/mol. The van der Waals surface area contributed by atoms with Crippen molar-refractivity contribution in [3.05, 3.63) is 271 Å². The summed E-state index contributed by atoms with van der Waals surface area (Å²) in [4.78, 5) is 2.44. The van der Waals surface area contributed by atoms with Crippen LogP contribution < -0.4 is 9.64 Å². The van der Waals surface area contributed by atoms with Crippen LogP contribution in [0.4, 0.5) is 17.1 Å². The molecule has 11 aromatic rings. The number of rotatable bonds is 4. The summed E-state index contributed by atoms with van der Waals surface area (Å²) in [6.45, 7) is 0. The standard InChI is InChI=1S/C65H41NO/c1-2-19-42(20-3-1)45-22-12-16-34-60(45)66(61-35-18-31-53-49-26-8-7-25-48(49)52-29-13-17-36-62(52)67-64(53)61)44-38-40-58-55(41-44)50-27-9-6-24-47(50)51-28-10-14-32-56(51)65(58)57-33-15-11-30-54(57)63-46-23-5-4-21-43(46)37-39-59(63)65/h1-41H. The molecule has 1 atom stereocenters. The van der Waals surface area contributed by atoms with E-state index in [1.54, 1.807) is 0 Å². The molecule has 0 saturated heterocycles. The van der Waals surface area contributed by atoms with Gasteiger partial charge in [-0.15, -0.1) is 0 Å². The van der Waals surface area contributed by atoms with Crippen molar-refractivity contribution in [2.45, 2.75) is 5.41 Å². The summed E-state index contributed by atoms with van der Waals surface area (Å²) in [6, 6.07) is 91.5. The first-order chi connectivity index (χ1) is 33.3. The molecule has 14 rings (SSSR count). The summed E-state index contributed by atoms with van der Waals surface area (Å²) in [5, 5.41) is 2.52. The molecule has 0 saturated carbocycles. The topological polar surface area (TPSA) is 12.5 Å². The fourth-order valence-electron chi connectivity index (χ4n) is 11.8. The van der Waals surface area contributed by atoms with Gasteiger partial charge >= 0.3 is 0 Å². The van der Waals surface area contributed by atoms with Gasteiger partial charge < -0.3 is 9.64 Å². The molecule has 67 heavy (non-hydrogen) atoms. The Bertz CT molecular complexity index is 3810. The number of fused-ring (bicyclic) bond motifs is 19. The minimum absolute atomic E-state index is 0.618. The molecule has 1 unspecified atom stereocenters. The van der Waals surface area contributed by atoms with E-state index in [0.717, 1.165) is 61.9 Å². The van der Waals surface area contributed by atoms with Gasteiger partial charge in [0.25, 0.3) is 0 Å². The number of anilines is 3. The molecule has 11 aromatic carbocycles. The Morgan fingerprint density at radius 3 is 1.63 bits per heavy atom. The molecule has 0 N–H and O–H groups in total.